The van der Waals surface area contributed by atoms with Crippen molar-refractivity contribution >= 4 is 39.7 Å². The number of nitrogens with one attached hydrogen (secondary N) is 1. The third-order valence-corrected chi connectivity index (χ3v) is 4.23. The van der Waals surface area contributed by atoms with Crippen LogP contribution in [0.25, 0.3) is 16.7 Å². The van der Waals surface area contributed by atoms with E-state index in [1.807, 2.05) is 59.3 Å². The van der Waals surface area contributed by atoms with Gasteiger partial charge in [-0.1, -0.05) is 11.6 Å². The van der Waals surface area contributed by atoms with Crippen LogP contribution in [0.5, 0.6) is 0 Å². The summed E-state index contributed by atoms with van der Waals surface area (Å²) < 4.78 is 1.83. The standard InChI is InChI=1S/C19H13ClN4O2/c20-14-4-6-15(7-5-14)21-16-8-9-17-13(12-16)10-11-23(17)18-2-1-3-19(22-18)24(25)26/h1-12,21H. The predicted molar refractivity (Wildman–Crippen MR) is 102 cm³/mol. The minimum Gasteiger partial charge on any atom is -0.358 e. The molecular formula is C19H13ClN4O2. The van der Waals surface area contributed by atoms with Crippen LogP contribution < -0.4 is 5.32 Å². The molecule has 0 aliphatic heterocycles. The molecule has 0 radical (unpaired) electrons. The minimum atomic E-state index is -0.497. The lowest BCUT2D eigenvalue weighted by Crippen LogP contribution is -1.99. The summed E-state index contributed by atoms with van der Waals surface area (Å²) >= 11 is 5.91. The SMILES string of the molecule is O=[N+]([O-])c1cccc(-n2ccc3cc(Nc4ccc(Cl)cc4)ccc32)n1. The zero-order valence-corrected chi connectivity index (χ0v) is 14.2. The molecule has 7 heteroatoms. The zero-order chi connectivity index (χ0) is 18.1. The molecule has 2 aromatic carbocycles. The number of nitro groups is 1. The van der Waals surface area contributed by atoms with Crippen LogP contribution in [0.3, 0.4) is 0 Å². The number of hydrogen-bond acceptors (Lipinski definition) is 4. The Morgan fingerprint density at radius 1 is 1.00 bits per heavy atom. The Morgan fingerprint density at radius 3 is 2.54 bits per heavy atom. The second-order valence-corrected chi connectivity index (χ2v) is 6.14. The molecule has 1 N–H and O–H groups in total. The number of benzene rings is 2. The van der Waals surface area contributed by atoms with Crippen molar-refractivity contribution < 1.29 is 4.92 Å². The second kappa shape index (κ2) is 6.50. The van der Waals surface area contributed by atoms with Crippen LogP contribution >= 0.6 is 11.6 Å². The van der Waals surface area contributed by atoms with Crippen LogP contribution in [0.4, 0.5) is 17.2 Å². The molecule has 0 saturated heterocycles. The smallest absolute Gasteiger partial charge is 0.358 e. The summed E-state index contributed by atoms with van der Waals surface area (Å²) in [5, 5.41) is 16.0. The number of pyridine rings is 1. The lowest BCUT2D eigenvalue weighted by molar-refractivity contribution is -0.389. The number of aromatic nitrogens is 2. The summed E-state index contributed by atoms with van der Waals surface area (Å²) in [6.07, 6.45) is 1.85. The van der Waals surface area contributed by atoms with Gasteiger partial charge in [-0.2, -0.15) is 0 Å². The van der Waals surface area contributed by atoms with Crippen molar-refractivity contribution in [2.24, 2.45) is 0 Å². The zero-order valence-electron chi connectivity index (χ0n) is 13.5. The predicted octanol–water partition coefficient (Wildman–Crippen LogP) is 5.33. The Hall–Kier alpha value is -3.38. The molecule has 128 valence electrons. The second-order valence-electron chi connectivity index (χ2n) is 5.70. The molecule has 0 aliphatic rings. The monoisotopic (exact) mass is 364 g/mol. The highest BCUT2D eigenvalue weighted by Gasteiger charge is 2.13. The molecule has 0 fully saturated rings. The average Bonchev–Trinajstić information content (AvgIpc) is 3.07. The molecule has 26 heavy (non-hydrogen) atoms. The van der Waals surface area contributed by atoms with Crippen molar-refractivity contribution in [3.63, 3.8) is 0 Å². The van der Waals surface area contributed by atoms with E-state index in [0.717, 1.165) is 22.3 Å². The first kappa shape index (κ1) is 16.1. The van der Waals surface area contributed by atoms with Crippen LogP contribution in [0.1, 0.15) is 0 Å². The molecule has 0 aliphatic carbocycles. The van der Waals surface area contributed by atoms with Gasteiger partial charge in [-0.15, -0.1) is 0 Å². The van der Waals surface area contributed by atoms with Crippen molar-refractivity contribution in [2.45, 2.75) is 0 Å². The van der Waals surface area contributed by atoms with E-state index in [1.165, 1.54) is 6.07 Å². The summed E-state index contributed by atoms with van der Waals surface area (Å²) in [6.45, 7) is 0. The number of rotatable bonds is 4. The Kier molecular flexibility index (Phi) is 4.02. The van der Waals surface area contributed by atoms with Gasteiger partial charge in [-0.05, 0) is 64.5 Å². The molecule has 4 aromatic rings. The van der Waals surface area contributed by atoms with E-state index in [0.29, 0.717) is 10.8 Å². The summed E-state index contributed by atoms with van der Waals surface area (Å²) in [5.41, 5.74) is 2.79. The Bertz CT molecular complexity index is 1110. The van der Waals surface area contributed by atoms with Gasteiger partial charge in [0.15, 0.2) is 0 Å². The van der Waals surface area contributed by atoms with Crippen molar-refractivity contribution in [2.75, 3.05) is 5.32 Å². The fraction of sp³-hybridized carbons (Fsp3) is 0. The highest BCUT2D eigenvalue weighted by Crippen LogP contribution is 2.26. The highest BCUT2D eigenvalue weighted by atomic mass is 35.5. The molecule has 6 nitrogen and oxygen atoms in total. The van der Waals surface area contributed by atoms with E-state index in [9.17, 15) is 10.1 Å². The molecule has 0 spiro atoms. The van der Waals surface area contributed by atoms with Gasteiger partial charge in [0.2, 0.25) is 0 Å². The summed E-state index contributed by atoms with van der Waals surface area (Å²) in [6, 6.07) is 20.1. The molecule has 0 saturated carbocycles. The first-order valence-electron chi connectivity index (χ1n) is 7.86. The summed E-state index contributed by atoms with van der Waals surface area (Å²) in [7, 11) is 0. The average molecular weight is 365 g/mol. The maximum absolute atomic E-state index is 10.9. The van der Waals surface area contributed by atoms with Crippen LogP contribution in [0.15, 0.2) is 72.9 Å². The summed E-state index contributed by atoms with van der Waals surface area (Å²) in [5.74, 6) is 0.331. The van der Waals surface area contributed by atoms with Crippen LogP contribution in [0.2, 0.25) is 5.02 Å². The lowest BCUT2D eigenvalue weighted by atomic mass is 10.2. The van der Waals surface area contributed by atoms with Crippen LogP contribution in [-0.4, -0.2) is 14.5 Å². The van der Waals surface area contributed by atoms with E-state index in [-0.39, 0.29) is 5.82 Å². The molecule has 0 amide bonds. The van der Waals surface area contributed by atoms with Gasteiger partial charge in [0.05, 0.1) is 5.52 Å². The molecule has 0 unspecified atom stereocenters. The topological polar surface area (TPSA) is 73.0 Å². The summed E-state index contributed by atoms with van der Waals surface area (Å²) in [4.78, 5) is 14.5. The van der Waals surface area contributed by atoms with Gasteiger partial charge in [-0.25, -0.2) is 0 Å². The van der Waals surface area contributed by atoms with E-state index >= 15 is 0 Å². The Labute approximate surface area is 153 Å². The molecular weight excluding hydrogens is 352 g/mol. The minimum absolute atomic E-state index is 0.176. The largest absolute Gasteiger partial charge is 0.365 e. The van der Waals surface area contributed by atoms with Crippen molar-refractivity contribution in [3.05, 3.63) is 88.1 Å². The highest BCUT2D eigenvalue weighted by molar-refractivity contribution is 6.30. The van der Waals surface area contributed by atoms with Gasteiger partial charge in [0, 0.05) is 40.1 Å². The quantitative estimate of drug-likeness (QED) is 0.392. The van der Waals surface area contributed by atoms with Gasteiger partial charge >= 0.3 is 5.82 Å². The van der Waals surface area contributed by atoms with Crippen LogP contribution in [-0.2, 0) is 0 Å². The number of anilines is 2. The molecule has 0 bridgehead atoms. The maximum atomic E-state index is 10.9. The number of fused-ring (bicyclic) bond motifs is 1. The van der Waals surface area contributed by atoms with E-state index in [1.54, 1.807) is 12.1 Å². The normalized spacial score (nSPS) is 10.8. The number of halogens is 1. The third-order valence-electron chi connectivity index (χ3n) is 3.98. The molecule has 2 heterocycles. The van der Waals surface area contributed by atoms with Gasteiger partial charge in [-0.3, -0.25) is 4.57 Å². The lowest BCUT2D eigenvalue weighted by Gasteiger charge is -2.07. The molecule has 2 aromatic heterocycles. The molecule has 0 atom stereocenters. The van der Waals surface area contributed by atoms with Gasteiger partial charge < -0.3 is 15.4 Å². The van der Waals surface area contributed by atoms with E-state index in [2.05, 4.69) is 10.3 Å². The van der Waals surface area contributed by atoms with Gasteiger partial charge in [0.25, 0.3) is 5.82 Å². The van der Waals surface area contributed by atoms with Crippen LogP contribution in [0, 0.1) is 10.1 Å². The van der Waals surface area contributed by atoms with E-state index in [4.69, 9.17) is 11.6 Å². The number of hydrogen-bond donors (Lipinski definition) is 1. The molecule has 4 rings (SSSR count). The Balaban J connectivity index is 1.68. The fourth-order valence-electron chi connectivity index (χ4n) is 2.77. The maximum Gasteiger partial charge on any atom is 0.365 e. The fourth-order valence-corrected chi connectivity index (χ4v) is 2.89. The first-order chi connectivity index (χ1) is 12.6. The third kappa shape index (κ3) is 3.10. The van der Waals surface area contributed by atoms with E-state index < -0.39 is 4.92 Å². The first-order valence-corrected chi connectivity index (χ1v) is 8.23. The van der Waals surface area contributed by atoms with Crippen molar-refractivity contribution in [1.82, 2.24) is 9.55 Å². The Morgan fingerprint density at radius 2 is 1.77 bits per heavy atom. The van der Waals surface area contributed by atoms with Gasteiger partial charge in [0.1, 0.15) is 0 Å². The number of nitrogens with zero attached hydrogens (tertiary/aromatic N) is 3. The van der Waals surface area contributed by atoms with Crippen molar-refractivity contribution in [3.8, 4) is 5.82 Å². The van der Waals surface area contributed by atoms with Crippen molar-refractivity contribution in [1.29, 1.82) is 0 Å².